The van der Waals surface area contributed by atoms with Gasteiger partial charge in [-0.1, -0.05) is 0 Å². The van der Waals surface area contributed by atoms with Gasteiger partial charge in [0.2, 0.25) is 11.8 Å². The van der Waals surface area contributed by atoms with Crippen LogP contribution in [0.4, 0.5) is 5.95 Å². The van der Waals surface area contributed by atoms with Crippen molar-refractivity contribution in [1.29, 1.82) is 0 Å². The molecule has 1 aromatic heterocycles. The highest BCUT2D eigenvalue weighted by Crippen LogP contribution is 2.14. The summed E-state index contributed by atoms with van der Waals surface area (Å²) in [6, 6.07) is 2.34. The van der Waals surface area contributed by atoms with Gasteiger partial charge in [-0.15, -0.1) is 0 Å². The molecule has 0 aliphatic carbocycles. The molecule has 100 valence electrons. The molecule has 0 aromatic carbocycles. The van der Waals surface area contributed by atoms with E-state index in [1.54, 1.807) is 7.11 Å². The average Bonchev–Trinajstić information content (AvgIpc) is 2.89. The van der Waals surface area contributed by atoms with Crippen molar-refractivity contribution < 1.29 is 4.74 Å². The Kier molecular flexibility index (Phi) is 4.36. The van der Waals surface area contributed by atoms with Crippen LogP contribution in [-0.4, -0.2) is 47.7 Å². The van der Waals surface area contributed by atoms with E-state index in [1.807, 2.05) is 13.0 Å². The molecule has 5 heteroatoms. The summed E-state index contributed by atoms with van der Waals surface area (Å²) >= 11 is 0. The van der Waals surface area contributed by atoms with Gasteiger partial charge in [0.1, 0.15) is 0 Å². The monoisotopic (exact) mass is 250 g/mol. The fraction of sp³-hybridized carbons (Fsp3) is 0.692. The van der Waals surface area contributed by atoms with E-state index in [9.17, 15) is 0 Å². The number of aryl methyl sites for hydroxylation is 1. The number of hydrogen-bond donors (Lipinski definition) is 1. The van der Waals surface area contributed by atoms with Crippen LogP contribution in [0.25, 0.3) is 0 Å². The molecule has 5 nitrogen and oxygen atoms in total. The summed E-state index contributed by atoms with van der Waals surface area (Å²) in [6.45, 7) is 7.47. The van der Waals surface area contributed by atoms with Crippen molar-refractivity contribution in [3.05, 3.63) is 11.8 Å². The Morgan fingerprint density at radius 3 is 2.78 bits per heavy atom. The summed E-state index contributed by atoms with van der Waals surface area (Å²) in [5.41, 5.74) is 0.915. The fourth-order valence-electron chi connectivity index (χ4n) is 2.27. The molecule has 0 radical (unpaired) electrons. The van der Waals surface area contributed by atoms with Gasteiger partial charge < -0.3 is 10.1 Å². The molecule has 1 aromatic rings. The third-order valence-electron chi connectivity index (χ3n) is 3.36. The first-order chi connectivity index (χ1) is 8.69. The lowest BCUT2D eigenvalue weighted by atomic mass is 10.3. The van der Waals surface area contributed by atoms with Crippen molar-refractivity contribution in [2.24, 2.45) is 0 Å². The maximum Gasteiger partial charge on any atom is 0.226 e. The fourth-order valence-corrected chi connectivity index (χ4v) is 2.27. The van der Waals surface area contributed by atoms with Crippen molar-refractivity contribution >= 4 is 5.95 Å². The minimum atomic E-state index is 0.516. The molecule has 0 spiro atoms. The number of hydrogen-bond acceptors (Lipinski definition) is 5. The largest absolute Gasteiger partial charge is 0.481 e. The lowest BCUT2D eigenvalue weighted by molar-refractivity contribution is 0.269. The lowest BCUT2D eigenvalue weighted by Gasteiger charge is -2.23. The zero-order valence-electron chi connectivity index (χ0n) is 11.4. The van der Waals surface area contributed by atoms with E-state index >= 15 is 0 Å². The smallest absolute Gasteiger partial charge is 0.226 e. The minimum absolute atomic E-state index is 0.516. The average molecular weight is 250 g/mol. The zero-order valence-corrected chi connectivity index (χ0v) is 11.4. The van der Waals surface area contributed by atoms with E-state index in [0.717, 1.165) is 12.2 Å². The van der Waals surface area contributed by atoms with E-state index in [1.165, 1.54) is 25.9 Å². The van der Waals surface area contributed by atoms with Crippen LogP contribution in [0.2, 0.25) is 0 Å². The molecule has 1 fully saturated rings. The van der Waals surface area contributed by atoms with Crippen LogP contribution in [0.15, 0.2) is 6.07 Å². The van der Waals surface area contributed by atoms with E-state index in [4.69, 9.17) is 4.74 Å². The number of rotatable bonds is 5. The van der Waals surface area contributed by atoms with Crippen LogP contribution in [0.1, 0.15) is 25.5 Å². The Balaban J connectivity index is 1.90. The second-order valence-electron chi connectivity index (χ2n) is 4.85. The van der Waals surface area contributed by atoms with Gasteiger partial charge in [0.25, 0.3) is 0 Å². The number of likely N-dealkylation sites (tertiary alicyclic amines) is 1. The Bertz CT molecular complexity index is 391. The number of methoxy groups -OCH3 is 1. The van der Waals surface area contributed by atoms with Gasteiger partial charge in [-0.25, -0.2) is 4.98 Å². The molecule has 1 unspecified atom stereocenters. The first-order valence-corrected chi connectivity index (χ1v) is 6.56. The van der Waals surface area contributed by atoms with Crippen LogP contribution in [0, 0.1) is 6.92 Å². The van der Waals surface area contributed by atoms with Crippen molar-refractivity contribution in [2.75, 3.05) is 32.1 Å². The molecule has 1 aliphatic rings. The second kappa shape index (κ2) is 6.00. The van der Waals surface area contributed by atoms with Crippen molar-refractivity contribution in [3.63, 3.8) is 0 Å². The normalized spacial score (nSPS) is 17.7. The van der Waals surface area contributed by atoms with Gasteiger partial charge in [-0.05, 0) is 39.8 Å². The second-order valence-corrected chi connectivity index (χ2v) is 4.85. The summed E-state index contributed by atoms with van der Waals surface area (Å²) < 4.78 is 5.14. The SMILES string of the molecule is COc1cc(C)nc(NCC(C)N2CCCC2)n1. The first-order valence-electron chi connectivity index (χ1n) is 6.56. The first kappa shape index (κ1) is 13.1. The zero-order chi connectivity index (χ0) is 13.0. The van der Waals surface area contributed by atoms with E-state index in [0.29, 0.717) is 17.9 Å². The molecule has 1 saturated heterocycles. The Morgan fingerprint density at radius 1 is 1.39 bits per heavy atom. The van der Waals surface area contributed by atoms with Crippen molar-refractivity contribution in [2.45, 2.75) is 32.7 Å². The molecular weight excluding hydrogens is 228 g/mol. The molecule has 2 heterocycles. The summed E-state index contributed by atoms with van der Waals surface area (Å²) in [7, 11) is 1.62. The maximum atomic E-state index is 5.14. The lowest BCUT2D eigenvalue weighted by Crippen LogP contribution is -2.35. The maximum absolute atomic E-state index is 5.14. The topological polar surface area (TPSA) is 50.3 Å². The number of aromatic nitrogens is 2. The summed E-state index contributed by atoms with van der Waals surface area (Å²) in [6.07, 6.45) is 2.64. The van der Waals surface area contributed by atoms with Gasteiger partial charge >= 0.3 is 0 Å². The number of anilines is 1. The highest BCUT2D eigenvalue weighted by Gasteiger charge is 2.17. The van der Waals surface area contributed by atoms with E-state index < -0.39 is 0 Å². The summed E-state index contributed by atoms with van der Waals surface area (Å²) in [5, 5.41) is 3.29. The molecule has 1 aliphatic heterocycles. The molecule has 0 amide bonds. The van der Waals surface area contributed by atoms with Crippen LogP contribution in [0.3, 0.4) is 0 Å². The van der Waals surface area contributed by atoms with Crippen molar-refractivity contribution in [3.8, 4) is 5.88 Å². The van der Waals surface area contributed by atoms with Crippen LogP contribution in [-0.2, 0) is 0 Å². The third-order valence-corrected chi connectivity index (χ3v) is 3.36. The Morgan fingerprint density at radius 2 is 2.11 bits per heavy atom. The summed E-state index contributed by atoms with van der Waals surface area (Å²) in [5.74, 6) is 1.26. The highest BCUT2D eigenvalue weighted by atomic mass is 16.5. The van der Waals surface area contributed by atoms with Gasteiger partial charge in [0, 0.05) is 24.3 Å². The van der Waals surface area contributed by atoms with Gasteiger partial charge in [0.15, 0.2) is 0 Å². The highest BCUT2D eigenvalue weighted by molar-refractivity contribution is 5.30. The molecule has 0 bridgehead atoms. The molecule has 0 saturated carbocycles. The molecule has 1 N–H and O–H groups in total. The van der Waals surface area contributed by atoms with Crippen molar-refractivity contribution in [1.82, 2.24) is 14.9 Å². The predicted octanol–water partition coefficient (Wildman–Crippen LogP) is 1.69. The molecular formula is C13H22N4O. The molecule has 18 heavy (non-hydrogen) atoms. The summed E-state index contributed by atoms with van der Waals surface area (Å²) in [4.78, 5) is 11.1. The predicted molar refractivity (Wildman–Crippen MR) is 72.1 cm³/mol. The molecule has 1 atom stereocenters. The number of nitrogens with one attached hydrogen (secondary N) is 1. The molecule has 2 rings (SSSR count). The van der Waals surface area contributed by atoms with Crippen LogP contribution in [0.5, 0.6) is 5.88 Å². The number of ether oxygens (including phenoxy) is 1. The van der Waals surface area contributed by atoms with Crippen LogP contribution >= 0.6 is 0 Å². The minimum Gasteiger partial charge on any atom is -0.481 e. The van der Waals surface area contributed by atoms with Gasteiger partial charge in [0.05, 0.1) is 7.11 Å². The van der Waals surface area contributed by atoms with Gasteiger partial charge in [-0.2, -0.15) is 4.98 Å². The quantitative estimate of drug-likeness (QED) is 0.862. The van der Waals surface area contributed by atoms with Gasteiger partial charge in [-0.3, -0.25) is 4.90 Å². The van der Waals surface area contributed by atoms with Crippen LogP contribution < -0.4 is 10.1 Å². The standard InChI is InChI=1S/C13H22N4O/c1-10-8-12(18-3)16-13(15-10)14-9-11(2)17-6-4-5-7-17/h8,11H,4-7,9H2,1-3H3,(H,14,15,16). The third kappa shape index (κ3) is 3.32. The number of nitrogens with zero attached hydrogens (tertiary/aromatic N) is 3. The van der Waals surface area contributed by atoms with E-state index in [2.05, 4.69) is 27.1 Å². The Hall–Kier alpha value is -1.36. The Labute approximate surface area is 109 Å². The van der Waals surface area contributed by atoms with E-state index in [-0.39, 0.29) is 0 Å².